The van der Waals surface area contributed by atoms with E-state index in [2.05, 4.69) is 17.0 Å². The predicted molar refractivity (Wildman–Crippen MR) is 77.5 cm³/mol. The maximum absolute atomic E-state index is 12.2. The molecule has 1 aliphatic carbocycles. The summed E-state index contributed by atoms with van der Waals surface area (Å²) < 4.78 is 28.7. The van der Waals surface area contributed by atoms with Gasteiger partial charge in [0, 0.05) is 12.6 Å². The molecule has 1 fully saturated rings. The Morgan fingerprint density at radius 1 is 1.33 bits per heavy atom. The van der Waals surface area contributed by atoms with Gasteiger partial charge in [-0.05, 0) is 36.5 Å². The molecule has 0 saturated heterocycles. The Morgan fingerprint density at radius 2 is 2.10 bits per heavy atom. The van der Waals surface area contributed by atoms with Crippen LogP contribution in [0.15, 0.2) is 24.3 Å². The summed E-state index contributed by atoms with van der Waals surface area (Å²) in [6.07, 6.45) is 4.11. The smallest absolute Gasteiger partial charge is 0.387 e. The second-order valence-corrected chi connectivity index (χ2v) is 5.74. The van der Waals surface area contributed by atoms with Gasteiger partial charge in [-0.25, -0.2) is 0 Å². The Labute approximate surface area is 124 Å². The van der Waals surface area contributed by atoms with Gasteiger partial charge in [-0.3, -0.25) is 0 Å². The number of aliphatic hydroxyl groups excluding tert-OH is 1. The lowest BCUT2D eigenvalue weighted by molar-refractivity contribution is -0.0499. The molecule has 0 bridgehead atoms. The van der Waals surface area contributed by atoms with Crippen LogP contribution in [0.5, 0.6) is 5.75 Å². The summed E-state index contributed by atoms with van der Waals surface area (Å²) in [5.41, 5.74) is 0.587. The summed E-state index contributed by atoms with van der Waals surface area (Å²) >= 11 is 0. The van der Waals surface area contributed by atoms with Crippen LogP contribution in [0.1, 0.15) is 44.3 Å². The highest BCUT2D eigenvalue weighted by atomic mass is 19.3. The molecule has 2 N–H and O–H groups in total. The lowest BCUT2D eigenvalue weighted by atomic mass is 9.86. The molecule has 3 nitrogen and oxygen atoms in total. The van der Waals surface area contributed by atoms with E-state index in [0.717, 1.165) is 6.42 Å². The Morgan fingerprint density at radius 3 is 2.81 bits per heavy atom. The van der Waals surface area contributed by atoms with Crippen molar-refractivity contribution in [2.75, 3.05) is 6.54 Å². The molecule has 2 rings (SSSR count). The van der Waals surface area contributed by atoms with Crippen molar-refractivity contribution < 1.29 is 18.6 Å². The summed E-state index contributed by atoms with van der Waals surface area (Å²) in [5.74, 6) is 0.687. The van der Waals surface area contributed by atoms with Gasteiger partial charge in [-0.15, -0.1) is 0 Å². The van der Waals surface area contributed by atoms with Crippen molar-refractivity contribution in [2.24, 2.45) is 5.92 Å². The van der Waals surface area contributed by atoms with Crippen molar-refractivity contribution in [1.29, 1.82) is 0 Å². The van der Waals surface area contributed by atoms with E-state index in [4.69, 9.17) is 0 Å². The minimum absolute atomic E-state index is 0.0765. The number of nitrogens with one attached hydrogen (secondary N) is 1. The number of alkyl halides is 2. The number of hydrogen-bond donors (Lipinski definition) is 2. The molecule has 3 unspecified atom stereocenters. The lowest BCUT2D eigenvalue weighted by Crippen LogP contribution is -2.39. The highest BCUT2D eigenvalue weighted by molar-refractivity contribution is 5.30. The second-order valence-electron chi connectivity index (χ2n) is 5.74. The monoisotopic (exact) mass is 299 g/mol. The number of rotatable bonds is 6. The summed E-state index contributed by atoms with van der Waals surface area (Å²) in [7, 11) is 0. The summed E-state index contributed by atoms with van der Waals surface area (Å²) in [6, 6.07) is 6.67. The Bertz CT molecular complexity index is 442. The zero-order chi connectivity index (χ0) is 15.2. The number of hydrogen-bond acceptors (Lipinski definition) is 3. The molecule has 0 spiro atoms. The normalized spacial score (nSPS) is 24.0. The van der Waals surface area contributed by atoms with Crippen molar-refractivity contribution in [3.63, 3.8) is 0 Å². The molecule has 21 heavy (non-hydrogen) atoms. The first-order chi connectivity index (χ1) is 10.1. The molecule has 0 radical (unpaired) electrons. The highest BCUT2D eigenvalue weighted by Gasteiger charge is 2.21. The molecule has 0 heterocycles. The fourth-order valence-corrected chi connectivity index (χ4v) is 2.90. The lowest BCUT2D eigenvalue weighted by Gasteiger charge is -2.30. The van der Waals surface area contributed by atoms with Crippen molar-refractivity contribution in [1.82, 2.24) is 5.32 Å². The molecule has 3 atom stereocenters. The van der Waals surface area contributed by atoms with Crippen molar-refractivity contribution in [3.8, 4) is 5.75 Å². The average molecular weight is 299 g/mol. The maximum atomic E-state index is 12.2. The van der Waals surface area contributed by atoms with Gasteiger partial charge >= 0.3 is 6.61 Å². The Balaban J connectivity index is 1.89. The van der Waals surface area contributed by atoms with Crippen LogP contribution in [0.2, 0.25) is 0 Å². The maximum Gasteiger partial charge on any atom is 0.387 e. The number of ether oxygens (including phenoxy) is 1. The molecule has 1 aliphatic rings. The molecular formula is C16H23F2NO2. The van der Waals surface area contributed by atoms with Crippen molar-refractivity contribution >= 4 is 0 Å². The topological polar surface area (TPSA) is 41.5 Å². The van der Waals surface area contributed by atoms with Gasteiger partial charge in [0.1, 0.15) is 5.75 Å². The molecule has 1 aromatic carbocycles. The molecule has 0 aromatic heterocycles. The minimum Gasteiger partial charge on any atom is -0.435 e. The van der Waals surface area contributed by atoms with Crippen LogP contribution in [0.4, 0.5) is 8.78 Å². The molecule has 5 heteroatoms. The fraction of sp³-hybridized carbons (Fsp3) is 0.625. The minimum atomic E-state index is -2.85. The van der Waals surface area contributed by atoms with E-state index in [1.54, 1.807) is 12.1 Å². The SMILES string of the molecule is CC1CCCCC1NCC(O)c1cccc(OC(F)F)c1. The zero-order valence-corrected chi connectivity index (χ0v) is 12.3. The largest absolute Gasteiger partial charge is 0.435 e. The Hall–Kier alpha value is -1.20. The third-order valence-corrected chi connectivity index (χ3v) is 4.15. The molecule has 118 valence electrons. The van der Waals surface area contributed by atoms with Crippen LogP contribution >= 0.6 is 0 Å². The van der Waals surface area contributed by atoms with E-state index in [0.29, 0.717) is 24.1 Å². The van der Waals surface area contributed by atoms with E-state index >= 15 is 0 Å². The van der Waals surface area contributed by atoms with Crippen LogP contribution in [0.25, 0.3) is 0 Å². The van der Waals surface area contributed by atoms with Crippen LogP contribution < -0.4 is 10.1 Å². The first-order valence-electron chi connectivity index (χ1n) is 7.52. The molecule has 1 aromatic rings. The van der Waals surface area contributed by atoms with Crippen LogP contribution in [0.3, 0.4) is 0 Å². The number of halogens is 2. The number of aliphatic hydroxyl groups is 1. The Kier molecular flexibility index (Phi) is 5.94. The first kappa shape index (κ1) is 16.2. The van der Waals surface area contributed by atoms with E-state index in [1.807, 2.05) is 0 Å². The van der Waals surface area contributed by atoms with Gasteiger partial charge in [0.2, 0.25) is 0 Å². The van der Waals surface area contributed by atoms with E-state index in [9.17, 15) is 13.9 Å². The van der Waals surface area contributed by atoms with E-state index in [-0.39, 0.29) is 5.75 Å². The highest BCUT2D eigenvalue weighted by Crippen LogP contribution is 2.25. The standard InChI is InChI=1S/C16H23F2NO2/c1-11-5-2-3-8-14(11)19-10-15(20)12-6-4-7-13(9-12)21-16(17)18/h4,6-7,9,11,14-16,19-20H,2-3,5,8,10H2,1H3. The van der Waals surface area contributed by atoms with Crippen molar-refractivity contribution in [2.45, 2.75) is 51.4 Å². The van der Waals surface area contributed by atoms with E-state index in [1.165, 1.54) is 31.4 Å². The summed E-state index contributed by atoms with van der Waals surface area (Å²) in [4.78, 5) is 0. The first-order valence-corrected chi connectivity index (χ1v) is 7.52. The predicted octanol–water partition coefficient (Wildman–Crippen LogP) is 3.49. The molecule has 0 amide bonds. The quantitative estimate of drug-likeness (QED) is 0.845. The van der Waals surface area contributed by atoms with Crippen LogP contribution in [-0.2, 0) is 0 Å². The molecular weight excluding hydrogens is 276 g/mol. The second kappa shape index (κ2) is 7.71. The zero-order valence-electron chi connectivity index (χ0n) is 12.3. The van der Waals surface area contributed by atoms with Gasteiger partial charge in [0.15, 0.2) is 0 Å². The molecule has 0 aliphatic heterocycles. The van der Waals surface area contributed by atoms with Crippen LogP contribution in [0, 0.1) is 5.92 Å². The average Bonchev–Trinajstić information content (AvgIpc) is 2.45. The van der Waals surface area contributed by atoms with Gasteiger partial charge in [0.25, 0.3) is 0 Å². The summed E-state index contributed by atoms with van der Waals surface area (Å²) in [6.45, 7) is -0.202. The third kappa shape index (κ3) is 4.93. The van der Waals surface area contributed by atoms with Gasteiger partial charge in [0.05, 0.1) is 6.10 Å². The van der Waals surface area contributed by atoms with Gasteiger partial charge in [-0.2, -0.15) is 8.78 Å². The van der Waals surface area contributed by atoms with E-state index < -0.39 is 12.7 Å². The summed E-state index contributed by atoms with van der Waals surface area (Å²) in [5, 5.41) is 13.6. The fourth-order valence-electron chi connectivity index (χ4n) is 2.90. The molecule has 1 saturated carbocycles. The third-order valence-electron chi connectivity index (χ3n) is 4.15. The van der Waals surface area contributed by atoms with Gasteiger partial charge in [-0.1, -0.05) is 31.9 Å². The van der Waals surface area contributed by atoms with Gasteiger partial charge < -0.3 is 15.2 Å². The van der Waals surface area contributed by atoms with Crippen molar-refractivity contribution in [3.05, 3.63) is 29.8 Å². The van der Waals surface area contributed by atoms with Crippen LogP contribution in [-0.4, -0.2) is 24.3 Å². The number of benzene rings is 1.